The van der Waals surface area contributed by atoms with Crippen molar-refractivity contribution in [3.63, 3.8) is 0 Å². The second kappa shape index (κ2) is 7.60. The fourth-order valence-corrected chi connectivity index (χ4v) is 2.40. The zero-order valence-corrected chi connectivity index (χ0v) is 14.2. The first-order valence-electron chi connectivity index (χ1n) is 7.78. The van der Waals surface area contributed by atoms with Gasteiger partial charge in [-0.05, 0) is 23.8 Å². The lowest BCUT2D eigenvalue weighted by Gasteiger charge is -2.10. The lowest BCUT2D eigenvalue weighted by molar-refractivity contribution is -0.384. The Morgan fingerprint density at radius 3 is 2.67 bits per heavy atom. The summed E-state index contributed by atoms with van der Waals surface area (Å²) in [6.45, 7) is 0.230. The van der Waals surface area contributed by atoms with Crippen LogP contribution in [-0.2, 0) is 16.1 Å². The summed E-state index contributed by atoms with van der Waals surface area (Å²) in [5, 5.41) is 15.6. The normalized spacial score (nSPS) is 11.6. The van der Waals surface area contributed by atoms with Gasteiger partial charge in [0.2, 0.25) is 6.79 Å². The Balaban J connectivity index is 1.63. The molecule has 0 radical (unpaired) electrons. The first-order valence-corrected chi connectivity index (χ1v) is 7.78. The third-order valence-corrected chi connectivity index (χ3v) is 3.74. The molecule has 1 heterocycles. The standard InChI is InChI=1S/C17H15N3O7/c1-25-13-5-3-11(20(23)24)7-12(13)19-17(22)16(21)18-8-10-2-4-14-15(6-10)27-9-26-14/h2-7H,8-9H2,1H3,(H,18,21)(H,19,22). The van der Waals surface area contributed by atoms with Crippen molar-refractivity contribution in [3.8, 4) is 17.2 Å². The van der Waals surface area contributed by atoms with Crippen molar-refractivity contribution in [2.45, 2.75) is 6.54 Å². The molecule has 10 heteroatoms. The van der Waals surface area contributed by atoms with Crippen molar-refractivity contribution in [2.75, 3.05) is 19.2 Å². The molecule has 1 aliphatic rings. The molecule has 0 saturated heterocycles. The highest BCUT2D eigenvalue weighted by Crippen LogP contribution is 2.32. The van der Waals surface area contributed by atoms with E-state index in [0.29, 0.717) is 17.1 Å². The smallest absolute Gasteiger partial charge is 0.313 e. The summed E-state index contributed by atoms with van der Waals surface area (Å²) in [6.07, 6.45) is 0. The number of fused-ring (bicyclic) bond motifs is 1. The van der Waals surface area contributed by atoms with Crippen LogP contribution in [-0.4, -0.2) is 30.6 Å². The number of hydrogen-bond acceptors (Lipinski definition) is 7. The Bertz CT molecular complexity index is 913. The van der Waals surface area contributed by atoms with Crippen molar-refractivity contribution < 1.29 is 28.7 Å². The van der Waals surface area contributed by atoms with Crippen molar-refractivity contribution in [1.82, 2.24) is 5.32 Å². The first kappa shape index (κ1) is 18.0. The number of nitro groups is 1. The first-order chi connectivity index (χ1) is 13.0. The van der Waals surface area contributed by atoms with Gasteiger partial charge >= 0.3 is 11.8 Å². The van der Waals surface area contributed by atoms with Gasteiger partial charge in [-0.3, -0.25) is 19.7 Å². The van der Waals surface area contributed by atoms with Crippen LogP contribution in [0.25, 0.3) is 0 Å². The molecule has 10 nitrogen and oxygen atoms in total. The minimum Gasteiger partial charge on any atom is -0.495 e. The van der Waals surface area contributed by atoms with E-state index in [2.05, 4.69) is 10.6 Å². The van der Waals surface area contributed by atoms with Crippen LogP contribution in [0.5, 0.6) is 17.2 Å². The van der Waals surface area contributed by atoms with E-state index in [9.17, 15) is 19.7 Å². The van der Waals surface area contributed by atoms with Crippen LogP contribution in [0, 0.1) is 10.1 Å². The molecule has 3 rings (SSSR count). The molecular weight excluding hydrogens is 358 g/mol. The highest BCUT2D eigenvalue weighted by Gasteiger charge is 2.19. The Morgan fingerprint density at radius 2 is 1.93 bits per heavy atom. The molecule has 2 amide bonds. The zero-order valence-electron chi connectivity index (χ0n) is 14.2. The number of hydrogen-bond donors (Lipinski definition) is 2. The number of amides is 2. The average molecular weight is 373 g/mol. The van der Waals surface area contributed by atoms with E-state index in [0.717, 1.165) is 6.07 Å². The Kier molecular flexibility index (Phi) is 5.06. The number of benzene rings is 2. The lowest BCUT2D eigenvalue weighted by Crippen LogP contribution is -2.35. The summed E-state index contributed by atoms with van der Waals surface area (Å²) in [4.78, 5) is 34.3. The fourth-order valence-electron chi connectivity index (χ4n) is 2.40. The molecule has 140 valence electrons. The van der Waals surface area contributed by atoms with Crippen molar-refractivity contribution in [3.05, 3.63) is 52.1 Å². The van der Waals surface area contributed by atoms with Crippen molar-refractivity contribution in [2.24, 2.45) is 0 Å². The van der Waals surface area contributed by atoms with Gasteiger partial charge in [-0.2, -0.15) is 0 Å². The molecule has 0 aliphatic carbocycles. The predicted octanol–water partition coefficient (Wildman–Crippen LogP) is 1.59. The SMILES string of the molecule is COc1ccc([N+](=O)[O-])cc1NC(=O)C(=O)NCc1ccc2c(c1)OCO2. The lowest BCUT2D eigenvalue weighted by atomic mass is 10.2. The number of nitrogens with zero attached hydrogens (tertiary/aromatic N) is 1. The van der Waals surface area contributed by atoms with Gasteiger partial charge in [-0.1, -0.05) is 6.07 Å². The van der Waals surface area contributed by atoms with Crippen molar-refractivity contribution >= 4 is 23.2 Å². The second-order valence-electron chi connectivity index (χ2n) is 5.47. The maximum absolute atomic E-state index is 12.1. The third-order valence-electron chi connectivity index (χ3n) is 3.74. The summed E-state index contributed by atoms with van der Waals surface area (Å²) in [5.74, 6) is -0.513. The highest BCUT2D eigenvalue weighted by atomic mass is 16.7. The monoisotopic (exact) mass is 373 g/mol. The van der Waals surface area contributed by atoms with Gasteiger partial charge in [0.05, 0.1) is 17.7 Å². The maximum Gasteiger partial charge on any atom is 0.313 e. The molecule has 27 heavy (non-hydrogen) atoms. The number of non-ortho nitro benzene ring substituents is 1. The van der Waals surface area contributed by atoms with Gasteiger partial charge in [-0.15, -0.1) is 0 Å². The Morgan fingerprint density at radius 1 is 1.15 bits per heavy atom. The van der Waals surface area contributed by atoms with Gasteiger partial charge < -0.3 is 24.8 Å². The topological polar surface area (TPSA) is 129 Å². The molecular formula is C17H15N3O7. The van der Waals surface area contributed by atoms with Gasteiger partial charge in [-0.25, -0.2) is 0 Å². The number of carbonyl (C=O) groups is 2. The summed E-state index contributed by atoms with van der Waals surface area (Å²) in [5.41, 5.74) is 0.495. The van der Waals surface area contributed by atoms with E-state index in [1.165, 1.54) is 19.2 Å². The molecule has 0 atom stereocenters. The molecule has 2 aromatic carbocycles. The van der Waals surface area contributed by atoms with Crippen molar-refractivity contribution in [1.29, 1.82) is 0 Å². The molecule has 0 aromatic heterocycles. The van der Waals surface area contributed by atoms with Crippen LogP contribution in [0.2, 0.25) is 0 Å². The van der Waals surface area contributed by atoms with Crippen LogP contribution in [0.15, 0.2) is 36.4 Å². The van der Waals surface area contributed by atoms with Gasteiger partial charge in [0.15, 0.2) is 11.5 Å². The number of carbonyl (C=O) groups excluding carboxylic acids is 2. The maximum atomic E-state index is 12.1. The van der Waals surface area contributed by atoms with E-state index in [1.54, 1.807) is 18.2 Å². The van der Waals surface area contributed by atoms with Crippen LogP contribution in [0.4, 0.5) is 11.4 Å². The second-order valence-corrected chi connectivity index (χ2v) is 5.47. The molecule has 1 aliphatic heterocycles. The summed E-state index contributed by atoms with van der Waals surface area (Å²) in [7, 11) is 1.34. The van der Waals surface area contributed by atoms with Gasteiger partial charge in [0.1, 0.15) is 5.75 Å². The van der Waals surface area contributed by atoms with Gasteiger partial charge in [0.25, 0.3) is 5.69 Å². The summed E-state index contributed by atoms with van der Waals surface area (Å²) < 4.78 is 15.5. The van der Waals surface area contributed by atoms with E-state index < -0.39 is 16.7 Å². The quantitative estimate of drug-likeness (QED) is 0.462. The minimum absolute atomic E-state index is 0.0231. The third kappa shape index (κ3) is 4.06. The predicted molar refractivity (Wildman–Crippen MR) is 92.7 cm³/mol. The van der Waals surface area contributed by atoms with Crippen LogP contribution in [0.1, 0.15) is 5.56 Å². The highest BCUT2D eigenvalue weighted by molar-refractivity contribution is 6.39. The number of nitro benzene ring substituents is 1. The molecule has 2 aromatic rings. The minimum atomic E-state index is -0.977. The molecule has 0 spiro atoms. The number of anilines is 1. The number of nitrogens with one attached hydrogen (secondary N) is 2. The van der Waals surface area contributed by atoms with Crippen LogP contribution >= 0.6 is 0 Å². The molecule has 0 unspecified atom stereocenters. The largest absolute Gasteiger partial charge is 0.495 e. The van der Waals surface area contributed by atoms with Crippen LogP contribution in [0.3, 0.4) is 0 Å². The number of methoxy groups -OCH3 is 1. The van der Waals surface area contributed by atoms with E-state index in [1.807, 2.05) is 0 Å². The van der Waals surface area contributed by atoms with Gasteiger partial charge in [0, 0.05) is 18.7 Å². The fraction of sp³-hybridized carbons (Fsp3) is 0.176. The number of ether oxygens (including phenoxy) is 3. The molecule has 0 fully saturated rings. The van der Waals surface area contributed by atoms with Crippen LogP contribution < -0.4 is 24.8 Å². The van der Waals surface area contributed by atoms with E-state index in [-0.39, 0.29) is 30.5 Å². The Hall–Kier alpha value is -3.82. The average Bonchev–Trinajstić information content (AvgIpc) is 3.13. The molecule has 0 bridgehead atoms. The zero-order chi connectivity index (χ0) is 19.4. The molecule has 0 saturated carbocycles. The molecule has 2 N–H and O–H groups in total. The summed E-state index contributed by atoms with van der Waals surface area (Å²) >= 11 is 0. The summed E-state index contributed by atoms with van der Waals surface area (Å²) in [6, 6.07) is 8.81. The van der Waals surface area contributed by atoms with E-state index in [4.69, 9.17) is 14.2 Å². The number of rotatable bonds is 5. The Labute approximate surface area is 153 Å². The van der Waals surface area contributed by atoms with E-state index >= 15 is 0 Å².